The van der Waals surface area contributed by atoms with Crippen LogP contribution >= 0.6 is 22.9 Å². The molecule has 0 fully saturated rings. The summed E-state index contributed by atoms with van der Waals surface area (Å²) in [6.07, 6.45) is 0. The van der Waals surface area contributed by atoms with Gasteiger partial charge in [0.05, 0.1) is 50.4 Å². The second-order valence-corrected chi connectivity index (χ2v) is 11.7. The third-order valence-electron chi connectivity index (χ3n) is 8.73. The Morgan fingerprint density at radius 2 is 1.19 bits per heavy atom. The molecule has 3 aromatic heterocycles. The minimum Gasteiger partial charge on any atom is -0.308 e. The number of hydrogen-bond acceptors (Lipinski definition) is 0. The summed E-state index contributed by atoms with van der Waals surface area (Å²) in [6, 6.07) is 34.1. The molecule has 36 heavy (non-hydrogen) atoms. The first-order chi connectivity index (χ1) is 17.6. The molecule has 0 spiro atoms. The monoisotopic (exact) mass is 572 g/mol. The van der Waals surface area contributed by atoms with E-state index in [2.05, 4.69) is 135 Å². The van der Waals surface area contributed by atoms with Crippen molar-refractivity contribution in [2.24, 2.45) is 0 Å². The standard InChI is InChI=1S/C33H21IN2/c1-33(2)24-12-4-3-8-18(24)20-16-17-23-22-11-5-10-21-19-9-6-14-26-28(19)29-25(13-7-15-27(29)36(26)34)35(31(21)22)32(23)30(20)33/h3-17H,1-2H3. The van der Waals surface area contributed by atoms with Crippen LogP contribution < -0.4 is 0 Å². The number of fused-ring (bicyclic) bond motifs is 9. The summed E-state index contributed by atoms with van der Waals surface area (Å²) in [4.78, 5) is 0. The van der Waals surface area contributed by atoms with Crippen LogP contribution in [0.1, 0.15) is 25.0 Å². The highest BCUT2D eigenvalue weighted by molar-refractivity contribution is 14.1. The van der Waals surface area contributed by atoms with Gasteiger partial charge in [0.1, 0.15) is 0 Å². The maximum absolute atomic E-state index is 2.60. The van der Waals surface area contributed by atoms with E-state index in [0.29, 0.717) is 0 Å². The van der Waals surface area contributed by atoms with Gasteiger partial charge in [-0.25, -0.2) is 0 Å². The molecule has 3 heterocycles. The van der Waals surface area contributed by atoms with Crippen molar-refractivity contribution in [1.29, 1.82) is 0 Å². The molecular weight excluding hydrogens is 551 g/mol. The van der Waals surface area contributed by atoms with Crippen molar-refractivity contribution < 1.29 is 0 Å². The van der Waals surface area contributed by atoms with Gasteiger partial charge in [0.2, 0.25) is 0 Å². The van der Waals surface area contributed by atoms with Crippen molar-refractivity contribution in [3.8, 4) is 11.1 Å². The van der Waals surface area contributed by atoms with E-state index in [1.165, 1.54) is 82.2 Å². The van der Waals surface area contributed by atoms with E-state index in [4.69, 9.17) is 0 Å². The SMILES string of the molecule is CC1(C)c2ccccc2-c2ccc3c4cccc5c6cccc7c6c6c(cccc6n(c3c21)c54)n7I. The van der Waals surface area contributed by atoms with E-state index in [0.717, 1.165) is 0 Å². The fourth-order valence-corrected chi connectivity index (χ4v) is 8.13. The molecule has 170 valence electrons. The van der Waals surface area contributed by atoms with E-state index in [9.17, 15) is 0 Å². The van der Waals surface area contributed by atoms with Crippen LogP contribution in [0.3, 0.4) is 0 Å². The van der Waals surface area contributed by atoms with E-state index < -0.39 is 0 Å². The minimum atomic E-state index is -0.0863. The number of nitrogens with zero attached hydrogens (tertiary/aromatic N) is 2. The Morgan fingerprint density at radius 1 is 0.556 bits per heavy atom. The van der Waals surface area contributed by atoms with Crippen molar-refractivity contribution in [1.82, 2.24) is 7.18 Å². The average molecular weight is 572 g/mol. The van der Waals surface area contributed by atoms with Crippen LogP contribution in [0.5, 0.6) is 0 Å². The number of rotatable bonds is 0. The molecule has 0 N–H and O–H groups in total. The molecule has 9 rings (SSSR count). The largest absolute Gasteiger partial charge is 0.308 e. The lowest BCUT2D eigenvalue weighted by molar-refractivity contribution is 0.664. The molecule has 1 aliphatic carbocycles. The topological polar surface area (TPSA) is 9.34 Å². The molecule has 0 aliphatic heterocycles. The second-order valence-electron chi connectivity index (χ2n) is 10.7. The lowest BCUT2D eigenvalue weighted by Crippen LogP contribution is -2.16. The van der Waals surface area contributed by atoms with Gasteiger partial charge < -0.3 is 4.40 Å². The van der Waals surface area contributed by atoms with Gasteiger partial charge in [0.25, 0.3) is 0 Å². The van der Waals surface area contributed by atoms with Crippen LogP contribution in [0.2, 0.25) is 0 Å². The summed E-state index contributed by atoms with van der Waals surface area (Å²) in [5, 5.41) is 8.02. The highest BCUT2D eigenvalue weighted by atomic mass is 127. The fraction of sp³-hybridized carbons (Fsp3) is 0.0909. The summed E-state index contributed by atoms with van der Waals surface area (Å²) in [6.45, 7) is 4.79. The summed E-state index contributed by atoms with van der Waals surface area (Å²) in [7, 11) is 0. The maximum atomic E-state index is 2.60. The second kappa shape index (κ2) is 6.22. The van der Waals surface area contributed by atoms with Crippen LogP contribution in [0.15, 0.2) is 91.0 Å². The zero-order valence-electron chi connectivity index (χ0n) is 19.9. The van der Waals surface area contributed by atoms with Gasteiger partial charge in [-0.05, 0) is 45.8 Å². The Labute approximate surface area is 221 Å². The first kappa shape index (κ1) is 19.6. The molecule has 0 radical (unpaired) electrons. The van der Waals surface area contributed by atoms with E-state index >= 15 is 0 Å². The molecule has 0 amide bonds. The molecule has 2 nitrogen and oxygen atoms in total. The van der Waals surface area contributed by atoms with Gasteiger partial charge in [0.15, 0.2) is 0 Å². The van der Waals surface area contributed by atoms with Crippen molar-refractivity contribution >= 4 is 82.8 Å². The van der Waals surface area contributed by atoms with Crippen LogP contribution in [0, 0.1) is 0 Å². The Hall–Kier alpha value is -3.57. The molecule has 5 aromatic carbocycles. The predicted molar refractivity (Wildman–Crippen MR) is 161 cm³/mol. The molecule has 0 saturated carbocycles. The van der Waals surface area contributed by atoms with Crippen molar-refractivity contribution in [3.63, 3.8) is 0 Å². The number of benzene rings is 5. The molecule has 0 unspecified atom stereocenters. The summed E-state index contributed by atoms with van der Waals surface area (Å²) in [5.41, 5.74) is 12.0. The Bertz CT molecular complexity index is 2240. The third-order valence-corrected chi connectivity index (χ3v) is 9.77. The Morgan fingerprint density at radius 3 is 2.06 bits per heavy atom. The maximum Gasteiger partial charge on any atom is 0.0646 e. The summed E-state index contributed by atoms with van der Waals surface area (Å²) in [5.74, 6) is 0. The zero-order chi connectivity index (χ0) is 23.9. The normalized spacial score (nSPS) is 14.8. The fourth-order valence-electron chi connectivity index (χ4n) is 7.32. The number of para-hydroxylation sites is 1. The van der Waals surface area contributed by atoms with Gasteiger partial charge in [0, 0.05) is 32.3 Å². The first-order valence-electron chi connectivity index (χ1n) is 12.5. The van der Waals surface area contributed by atoms with Gasteiger partial charge in [-0.3, -0.25) is 2.78 Å². The molecule has 8 aromatic rings. The third kappa shape index (κ3) is 2.01. The molecule has 3 heteroatoms. The lowest BCUT2D eigenvalue weighted by Gasteiger charge is -2.22. The van der Waals surface area contributed by atoms with Crippen LogP contribution in [-0.4, -0.2) is 7.18 Å². The average Bonchev–Trinajstić information content (AvgIpc) is 3.44. The lowest BCUT2D eigenvalue weighted by atomic mass is 9.81. The molecule has 0 saturated heterocycles. The minimum absolute atomic E-state index is 0.0863. The summed E-state index contributed by atoms with van der Waals surface area (Å²) >= 11 is 2.47. The van der Waals surface area contributed by atoms with E-state index in [-0.39, 0.29) is 5.41 Å². The van der Waals surface area contributed by atoms with Crippen LogP contribution in [0.4, 0.5) is 0 Å². The van der Waals surface area contributed by atoms with Crippen LogP contribution in [0.25, 0.3) is 71.0 Å². The number of aromatic nitrogens is 2. The highest BCUT2D eigenvalue weighted by Crippen LogP contribution is 2.53. The van der Waals surface area contributed by atoms with Crippen molar-refractivity contribution in [3.05, 3.63) is 102 Å². The Kier molecular flexibility index (Phi) is 3.38. The van der Waals surface area contributed by atoms with Crippen molar-refractivity contribution in [2.45, 2.75) is 19.3 Å². The van der Waals surface area contributed by atoms with Crippen molar-refractivity contribution in [2.75, 3.05) is 0 Å². The van der Waals surface area contributed by atoms with E-state index in [1.807, 2.05) is 0 Å². The zero-order valence-corrected chi connectivity index (χ0v) is 22.1. The molecule has 0 bridgehead atoms. The van der Waals surface area contributed by atoms with Gasteiger partial charge in [-0.15, -0.1) is 0 Å². The van der Waals surface area contributed by atoms with Gasteiger partial charge in [-0.1, -0.05) is 86.6 Å². The number of halogens is 1. The molecule has 1 aliphatic rings. The first-order valence-corrected chi connectivity index (χ1v) is 13.5. The predicted octanol–water partition coefficient (Wildman–Crippen LogP) is 9.45. The molecule has 0 atom stereocenters. The molecular formula is C33H21IN2. The number of hydrogen-bond donors (Lipinski definition) is 0. The van der Waals surface area contributed by atoms with E-state index in [1.54, 1.807) is 0 Å². The Balaban J connectivity index is 1.69. The smallest absolute Gasteiger partial charge is 0.0646 e. The van der Waals surface area contributed by atoms with Gasteiger partial charge >= 0.3 is 0 Å². The van der Waals surface area contributed by atoms with Gasteiger partial charge in [-0.2, -0.15) is 0 Å². The highest BCUT2D eigenvalue weighted by Gasteiger charge is 2.38. The van der Waals surface area contributed by atoms with Crippen LogP contribution in [-0.2, 0) is 5.41 Å². The quantitative estimate of drug-likeness (QED) is 0.160. The summed E-state index contributed by atoms with van der Waals surface area (Å²) < 4.78 is 4.93.